The van der Waals surface area contributed by atoms with E-state index >= 15 is 0 Å². The van der Waals surface area contributed by atoms with Crippen LogP contribution in [0.2, 0.25) is 5.02 Å². The number of fused-ring (bicyclic) bond motifs is 1. The molecule has 270 valence electrons. The third kappa shape index (κ3) is 11.9. The van der Waals surface area contributed by atoms with Gasteiger partial charge in [-0.3, -0.25) is 27.7 Å². The van der Waals surface area contributed by atoms with Crippen LogP contribution in [0.25, 0.3) is 11.2 Å². The van der Waals surface area contributed by atoms with Crippen LogP contribution < -0.4 is 5.09 Å². The van der Waals surface area contributed by atoms with Gasteiger partial charge < -0.3 is 28.3 Å². The van der Waals surface area contributed by atoms with E-state index in [4.69, 9.17) is 53.4 Å². The number of hydrogen-bond acceptors (Lipinski definition) is 16. The van der Waals surface area contributed by atoms with Crippen molar-refractivity contribution in [2.24, 2.45) is 0 Å². The molecular formula is C28H38ClN5O13P2. The van der Waals surface area contributed by atoms with Gasteiger partial charge in [-0.05, 0) is 52.3 Å². The summed E-state index contributed by atoms with van der Waals surface area (Å²) in [6, 6.07) is 7.08. The summed E-state index contributed by atoms with van der Waals surface area (Å²) in [6.45, 7) is 6.84. The average molecular weight is 750 g/mol. The average Bonchev–Trinajstić information content (AvgIpc) is 3.43. The summed E-state index contributed by atoms with van der Waals surface area (Å²) >= 11 is 6.12. The summed E-state index contributed by atoms with van der Waals surface area (Å²) in [5, 5.41) is 3.29. The van der Waals surface area contributed by atoms with Crippen LogP contribution in [0.3, 0.4) is 0 Å². The van der Waals surface area contributed by atoms with Gasteiger partial charge in [-0.15, -0.1) is 0 Å². The topological polar surface area (TPSA) is 207 Å². The largest absolute Gasteiger partial charge is 0.510 e. The summed E-state index contributed by atoms with van der Waals surface area (Å²) in [7, 11) is -8.04. The van der Waals surface area contributed by atoms with Gasteiger partial charge in [0.05, 0.1) is 43.9 Å². The number of aromatic nitrogens is 4. The molecule has 3 heterocycles. The third-order valence-corrected chi connectivity index (χ3v) is 9.50. The number of benzene rings is 1. The smallest absolute Gasteiger partial charge is 0.432 e. The van der Waals surface area contributed by atoms with Crippen LogP contribution in [0.1, 0.15) is 52.7 Å². The molecule has 0 saturated carbocycles. The van der Waals surface area contributed by atoms with Gasteiger partial charge in [0.1, 0.15) is 12.7 Å². The summed E-state index contributed by atoms with van der Waals surface area (Å²) in [6.07, 6.45) is -1.63. The first-order valence-electron chi connectivity index (χ1n) is 15.0. The Morgan fingerprint density at radius 3 is 2.37 bits per heavy atom. The first-order valence-corrected chi connectivity index (χ1v) is 18.7. The van der Waals surface area contributed by atoms with Gasteiger partial charge in [0.25, 0.3) is 0 Å². The maximum absolute atomic E-state index is 13.6. The number of carbonyl (C=O) groups excluding carboxylic acids is 2. The number of carbonyl (C=O) groups is 2. The lowest BCUT2D eigenvalue weighted by atomic mass is 10.1. The Morgan fingerprint density at radius 2 is 1.73 bits per heavy atom. The maximum atomic E-state index is 13.6. The van der Waals surface area contributed by atoms with E-state index in [-0.39, 0.29) is 24.5 Å². The molecule has 1 aromatic carbocycles. The highest BCUT2D eigenvalue weighted by Crippen LogP contribution is 2.56. The lowest BCUT2D eigenvalue weighted by molar-refractivity contribution is -0.0369. The summed E-state index contributed by atoms with van der Waals surface area (Å²) in [4.78, 5) is 36.3. The normalized spacial score (nSPS) is 18.7. The molecule has 1 saturated heterocycles. The fourth-order valence-corrected chi connectivity index (χ4v) is 6.97. The maximum Gasteiger partial charge on any atom is 0.510 e. The number of imidazole rings is 1. The minimum absolute atomic E-state index is 0.116. The van der Waals surface area contributed by atoms with E-state index in [0.29, 0.717) is 17.1 Å². The first kappa shape index (κ1) is 38.5. The number of rotatable bonds is 16. The van der Waals surface area contributed by atoms with Crippen LogP contribution in [-0.2, 0) is 57.5 Å². The fraction of sp³-hybridized carbons (Fsp3) is 0.536. The Hall–Kier alpha value is -3.34. The van der Waals surface area contributed by atoms with Gasteiger partial charge in [0, 0.05) is 11.4 Å². The van der Waals surface area contributed by atoms with E-state index < -0.39 is 72.0 Å². The zero-order valence-corrected chi connectivity index (χ0v) is 29.9. The Labute approximate surface area is 287 Å². The summed E-state index contributed by atoms with van der Waals surface area (Å²) < 4.78 is 75.3. The lowest BCUT2D eigenvalue weighted by Crippen LogP contribution is -2.20. The van der Waals surface area contributed by atoms with Crippen LogP contribution >= 0.6 is 26.9 Å². The molecule has 4 rings (SSSR count). The molecule has 0 amide bonds. The van der Waals surface area contributed by atoms with Gasteiger partial charge in [0.2, 0.25) is 13.6 Å². The number of halogens is 1. The molecule has 49 heavy (non-hydrogen) atoms. The minimum Gasteiger partial charge on any atom is -0.432 e. The number of hydrogen-bond donors (Lipinski definition) is 1. The molecule has 1 aliphatic rings. The van der Waals surface area contributed by atoms with Crippen molar-refractivity contribution >= 4 is 56.2 Å². The molecule has 0 radical (unpaired) electrons. The minimum atomic E-state index is -4.17. The Bertz CT molecular complexity index is 1640. The molecule has 2 unspecified atom stereocenters. The van der Waals surface area contributed by atoms with E-state index in [9.17, 15) is 18.7 Å². The van der Waals surface area contributed by atoms with Crippen molar-refractivity contribution < 1.29 is 60.5 Å². The second kappa shape index (κ2) is 17.5. The van der Waals surface area contributed by atoms with Gasteiger partial charge >= 0.3 is 27.7 Å². The molecule has 1 fully saturated rings. The van der Waals surface area contributed by atoms with Crippen molar-refractivity contribution in [1.82, 2.24) is 19.5 Å². The second-order valence-corrected chi connectivity index (χ2v) is 15.1. The molecular weight excluding hydrogens is 712 g/mol. The number of anilines is 1. The lowest BCUT2D eigenvalue weighted by Gasteiger charge is -2.30. The molecule has 0 aliphatic carbocycles. The molecule has 1 aliphatic heterocycles. The van der Waals surface area contributed by atoms with Crippen LogP contribution in [0, 0.1) is 0 Å². The molecule has 18 nitrogen and oxygen atoms in total. The van der Waals surface area contributed by atoms with Crippen molar-refractivity contribution in [3.63, 3.8) is 0 Å². The van der Waals surface area contributed by atoms with Crippen molar-refractivity contribution in [1.29, 1.82) is 0 Å². The Kier molecular flexibility index (Phi) is 13.8. The highest BCUT2D eigenvalue weighted by Gasteiger charge is 2.36. The number of ether oxygens (including phenoxy) is 5. The third-order valence-electron chi connectivity index (χ3n) is 6.26. The van der Waals surface area contributed by atoms with E-state index in [1.165, 1.54) is 12.7 Å². The predicted octanol–water partition coefficient (Wildman–Crippen LogP) is 6.81. The van der Waals surface area contributed by atoms with E-state index in [1.807, 2.05) is 6.07 Å². The van der Waals surface area contributed by atoms with Crippen molar-refractivity contribution in [2.45, 2.75) is 72.0 Å². The number of nitrogens with zero attached hydrogens (tertiary/aromatic N) is 4. The standard InChI is InChI=1S/C28H38ClN5O13P2/c1-18(2)45-27(35)39-15-43-48(37,44-16-40-28(36)46-19(3)4)17-41-20(5)12-34-14-32-24-25(30-13-31-26(24)34)33-49(38)42-10-9-23(47-49)21-7-6-8-22(29)11-21/h6-8,11,13-14,18-20,23H,9-10,12,15-17H2,1-5H3,(H,30,31,33,38)/t20-,23?,49?/m1/s1. The van der Waals surface area contributed by atoms with Gasteiger partial charge in [-0.2, -0.15) is 0 Å². The molecule has 3 atom stereocenters. The van der Waals surface area contributed by atoms with Crippen molar-refractivity contribution in [2.75, 3.05) is 31.6 Å². The quantitative estimate of drug-likeness (QED) is 0.0906. The van der Waals surface area contributed by atoms with Gasteiger partial charge in [-0.1, -0.05) is 23.7 Å². The zero-order chi connectivity index (χ0) is 35.6. The van der Waals surface area contributed by atoms with Crippen LogP contribution in [0.4, 0.5) is 15.4 Å². The molecule has 1 N–H and O–H groups in total. The predicted molar refractivity (Wildman–Crippen MR) is 173 cm³/mol. The van der Waals surface area contributed by atoms with Crippen molar-refractivity contribution in [3.8, 4) is 0 Å². The monoisotopic (exact) mass is 749 g/mol. The van der Waals surface area contributed by atoms with Gasteiger partial charge in [0.15, 0.2) is 17.0 Å². The van der Waals surface area contributed by atoms with Gasteiger partial charge in [-0.25, -0.2) is 29.1 Å². The van der Waals surface area contributed by atoms with Crippen LogP contribution in [0.15, 0.2) is 36.9 Å². The highest BCUT2D eigenvalue weighted by atomic mass is 35.5. The molecule has 2 aromatic heterocycles. The molecule has 0 bridgehead atoms. The first-order chi connectivity index (χ1) is 23.2. The Balaban J connectivity index is 1.38. The summed E-state index contributed by atoms with van der Waals surface area (Å²) in [5.74, 6) is 0.116. The molecule has 21 heteroatoms. The van der Waals surface area contributed by atoms with E-state index in [0.717, 1.165) is 5.56 Å². The van der Waals surface area contributed by atoms with Crippen LogP contribution in [0.5, 0.6) is 0 Å². The number of nitrogens with one attached hydrogen (secondary N) is 1. The highest BCUT2D eigenvalue weighted by molar-refractivity contribution is 7.55. The Morgan fingerprint density at radius 1 is 1.06 bits per heavy atom. The van der Waals surface area contributed by atoms with Crippen molar-refractivity contribution in [3.05, 3.63) is 47.5 Å². The SMILES string of the molecule is CC(C)OC(=O)OCOP(=O)(CO[C@H](C)Cn1cnc2c(NP3(=O)OCCC(c4cccc(Cl)c4)O3)ncnc21)OCOC(=O)OC(C)C. The van der Waals surface area contributed by atoms with E-state index in [2.05, 4.69) is 20.0 Å². The molecule has 0 spiro atoms. The van der Waals surface area contributed by atoms with E-state index in [1.54, 1.807) is 57.4 Å². The molecule has 3 aromatic rings. The zero-order valence-electron chi connectivity index (χ0n) is 27.4. The van der Waals surface area contributed by atoms with Crippen LogP contribution in [-0.4, -0.2) is 76.7 Å². The summed E-state index contributed by atoms with van der Waals surface area (Å²) in [5.41, 5.74) is 1.38. The second-order valence-electron chi connectivity index (χ2n) is 11.0. The fourth-order valence-electron chi connectivity index (χ4n) is 4.17.